The SMILES string of the molecule is CSCCC(N)C(=O)NC(CCCN=C(N)N)C(=O)NC(Cc1ccccc1)C(=O)NC(CS)C(=O)O. The smallest absolute Gasteiger partial charge is 0.327 e. The van der Waals surface area contributed by atoms with Gasteiger partial charge in [0.05, 0.1) is 6.04 Å². The first-order valence-corrected chi connectivity index (χ1v) is 13.7. The number of nitrogens with one attached hydrogen (secondary N) is 3. The summed E-state index contributed by atoms with van der Waals surface area (Å²) < 4.78 is 0. The second kappa shape index (κ2) is 17.5. The number of carboxylic acids is 1. The van der Waals surface area contributed by atoms with Gasteiger partial charge in [-0.2, -0.15) is 24.4 Å². The lowest BCUT2D eigenvalue weighted by atomic mass is 10.0. The van der Waals surface area contributed by atoms with Crippen LogP contribution in [0.5, 0.6) is 0 Å². The van der Waals surface area contributed by atoms with E-state index < -0.39 is 47.9 Å². The first kappa shape index (κ1) is 32.1. The van der Waals surface area contributed by atoms with Gasteiger partial charge in [0.2, 0.25) is 17.7 Å². The fraction of sp³-hybridized carbons (Fsp3) is 0.522. The van der Waals surface area contributed by atoms with Gasteiger partial charge in [-0.1, -0.05) is 30.3 Å². The maximum Gasteiger partial charge on any atom is 0.327 e. The molecule has 10 N–H and O–H groups in total. The molecule has 4 atom stereocenters. The van der Waals surface area contributed by atoms with Gasteiger partial charge in [-0.25, -0.2) is 4.79 Å². The number of benzene rings is 1. The Labute approximate surface area is 226 Å². The largest absolute Gasteiger partial charge is 0.480 e. The average molecular weight is 556 g/mol. The van der Waals surface area contributed by atoms with E-state index in [2.05, 4.69) is 33.6 Å². The summed E-state index contributed by atoms with van der Waals surface area (Å²) >= 11 is 5.51. The van der Waals surface area contributed by atoms with Crippen LogP contribution in [0.2, 0.25) is 0 Å². The third-order valence-corrected chi connectivity index (χ3v) is 6.27. The lowest BCUT2D eigenvalue weighted by Crippen LogP contribution is -2.57. The van der Waals surface area contributed by atoms with Gasteiger partial charge in [0, 0.05) is 18.7 Å². The van der Waals surface area contributed by atoms with E-state index >= 15 is 0 Å². The monoisotopic (exact) mass is 555 g/mol. The highest BCUT2D eigenvalue weighted by Gasteiger charge is 2.30. The van der Waals surface area contributed by atoms with Crippen molar-refractivity contribution in [1.29, 1.82) is 0 Å². The minimum absolute atomic E-state index is 0.0964. The number of guanidine groups is 1. The number of thiol groups is 1. The molecule has 0 heterocycles. The fourth-order valence-corrected chi connectivity index (χ4v) is 3.95. The molecular weight excluding hydrogens is 518 g/mol. The fourth-order valence-electron chi connectivity index (χ4n) is 3.22. The minimum Gasteiger partial charge on any atom is -0.480 e. The topological polar surface area (TPSA) is 215 Å². The average Bonchev–Trinajstić information content (AvgIpc) is 2.86. The number of amides is 3. The highest BCUT2D eigenvalue weighted by molar-refractivity contribution is 7.98. The van der Waals surface area contributed by atoms with Crippen LogP contribution < -0.4 is 33.2 Å². The predicted molar refractivity (Wildman–Crippen MR) is 148 cm³/mol. The van der Waals surface area contributed by atoms with Crippen LogP contribution in [-0.2, 0) is 25.6 Å². The predicted octanol–water partition coefficient (Wildman–Crippen LogP) is -1.17. The van der Waals surface area contributed by atoms with E-state index in [0.29, 0.717) is 18.6 Å². The van der Waals surface area contributed by atoms with Crippen molar-refractivity contribution < 1.29 is 24.3 Å². The zero-order chi connectivity index (χ0) is 27.8. The molecular formula is C23H37N7O5S2. The normalized spacial score (nSPS) is 13.9. The van der Waals surface area contributed by atoms with Crippen molar-refractivity contribution in [2.45, 2.75) is 49.9 Å². The van der Waals surface area contributed by atoms with Crippen LogP contribution in [-0.4, -0.2) is 83.2 Å². The van der Waals surface area contributed by atoms with Crippen molar-refractivity contribution in [1.82, 2.24) is 16.0 Å². The van der Waals surface area contributed by atoms with Crippen LogP contribution in [0, 0.1) is 0 Å². The molecule has 12 nitrogen and oxygen atoms in total. The Morgan fingerprint density at radius 2 is 1.57 bits per heavy atom. The molecule has 0 radical (unpaired) electrons. The Kier molecular flexibility index (Phi) is 15.1. The Bertz CT molecular complexity index is 916. The van der Waals surface area contributed by atoms with Crippen molar-refractivity contribution in [2.24, 2.45) is 22.2 Å². The molecule has 0 aliphatic rings. The maximum atomic E-state index is 13.3. The number of nitrogens with two attached hydrogens (primary N) is 3. The van der Waals surface area contributed by atoms with Gasteiger partial charge >= 0.3 is 5.97 Å². The molecule has 1 aromatic rings. The van der Waals surface area contributed by atoms with Crippen molar-refractivity contribution in [3.63, 3.8) is 0 Å². The van der Waals surface area contributed by atoms with Gasteiger partial charge in [-0.15, -0.1) is 0 Å². The van der Waals surface area contributed by atoms with E-state index in [1.54, 1.807) is 42.1 Å². The Hall–Kier alpha value is -2.97. The van der Waals surface area contributed by atoms with Crippen LogP contribution in [0.15, 0.2) is 35.3 Å². The van der Waals surface area contributed by atoms with E-state index in [9.17, 15) is 24.3 Å². The third kappa shape index (κ3) is 12.7. The number of carbonyl (C=O) groups excluding carboxylic acids is 3. The molecule has 0 fully saturated rings. The summed E-state index contributed by atoms with van der Waals surface area (Å²) in [6.45, 7) is 0.233. The van der Waals surface area contributed by atoms with Gasteiger partial charge < -0.3 is 38.3 Å². The molecule has 3 amide bonds. The Morgan fingerprint density at radius 1 is 0.973 bits per heavy atom. The van der Waals surface area contributed by atoms with Crippen LogP contribution >= 0.6 is 24.4 Å². The van der Waals surface area contributed by atoms with Gasteiger partial charge in [0.15, 0.2) is 5.96 Å². The number of hydrogen-bond acceptors (Lipinski definition) is 8. The first-order valence-electron chi connectivity index (χ1n) is 11.7. The summed E-state index contributed by atoms with van der Waals surface area (Å²) in [5.41, 5.74) is 17.4. The van der Waals surface area contributed by atoms with Gasteiger partial charge in [-0.3, -0.25) is 19.4 Å². The second-order valence-electron chi connectivity index (χ2n) is 8.23. The summed E-state index contributed by atoms with van der Waals surface area (Å²) in [6.07, 6.45) is 2.96. The number of hydrogen-bond donors (Lipinski definition) is 8. The summed E-state index contributed by atoms with van der Waals surface area (Å²) in [6, 6.07) is 4.74. The van der Waals surface area contributed by atoms with E-state index in [1.165, 1.54) is 0 Å². The summed E-state index contributed by atoms with van der Waals surface area (Å²) in [7, 11) is 0. The number of aliphatic carboxylic acids is 1. The van der Waals surface area contributed by atoms with Crippen LogP contribution in [0.1, 0.15) is 24.8 Å². The second-order valence-corrected chi connectivity index (χ2v) is 9.58. The molecule has 206 valence electrons. The summed E-state index contributed by atoms with van der Waals surface area (Å²) in [5.74, 6) is -2.63. The zero-order valence-electron chi connectivity index (χ0n) is 20.8. The summed E-state index contributed by atoms with van der Waals surface area (Å²) in [4.78, 5) is 54.2. The molecule has 0 spiro atoms. The van der Waals surface area contributed by atoms with Gasteiger partial charge in [0.25, 0.3) is 0 Å². The minimum atomic E-state index is -1.25. The van der Waals surface area contributed by atoms with E-state index in [0.717, 1.165) is 5.56 Å². The van der Waals surface area contributed by atoms with E-state index in [-0.39, 0.29) is 31.1 Å². The highest BCUT2D eigenvalue weighted by atomic mass is 32.2. The number of carboxylic acid groups (broad SMARTS) is 1. The van der Waals surface area contributed by atoms with E-state index in [1.807, 2.05) is 6.26 Å². The summed E-state index contributed by atoms with van der Waals surface area (Å²) in [5, 5.41) is 17.0. The Morgan fingerprint density at radius 3 is 2.14 bits per heavy atom. The highest BCUT2D eigenvalue weighted by Crippen LogP contribution is 2.07. The standard InChI is InChI=1S/C23H37N7O5S2/c1-37-11-9-15(24)19(31)28-16(8-5-10-27-23(25)26)20(32)29-17(12-14-6-3-2-4-7-14)21(33)30-18(13-36)22(34)35/h2-4,6-7,15-18,36H,5,8-13,24H2,1H3,(H,28,31)(H,29,32)(H,30,33)(H,34,35)(H4,25,26,27). The molecule has 1 rings (SSSR count). The molecule has 1 aromatic carbocycles. The van der Waals surface area contributed by atoms with Gasteiger partial charge in [-0.05, 0) is 36.8 Å². The van der Waals surface area contributed by atoms with Crippen LogP contribution in [0.4, 0.5) is 0 Å². The third-order valence-electron chi connectivity index (χ3n) is 5.26. The number of nitrogens with zero attached hydrogens (tertiary/aromatic N) is 1. The van der Waals surface area contributed by atoms with Gasteiger partial charge in [0.1, 0.15) is 18.1 Å². The van der Waals surface area contributed by atoms with Crippen LogP contribution in [0.25, 0.3) is 0 Å². The van der Waals surface area contributed by atoms with Crippen molar-refractivity contribution in [2.75, 3.05) is 24.3 Å². The van der Waals surface area contributed by atoms with Crippen LogP contribution in [0.3, 0.4) is 0 Å². The quantitative estimate of drug-likeness (QED) is 0.0502. The molecule has 0 bridgehead atoms. The number of carbonyl (C=O) groups is 4. The molecule has 0 saturated heterocycles. The zero-order valence-corrected chi connectivity index (χ0v) is 22.5. The number of aliphatic imine (C=N–C) groups is 1. The molecule has 0 aliphatic heterocycles. The molecule has 37 heavy (non-hydrogen) atoms. The van der Waals surface area contributed by atoms with Crippen molar-refractivity contribution >= 4 is 54.0 Å². The maximum absolute atomic E-state index is 13.3. The first-order chi connectivity index (χ1) is 17.6. The molecule has 4 unspecified atom stereocenters. The molecule has 0 aliphatic carbocycles. The molecule has 0 aromatic heterocycles. The lowest BCUT2D eigenvalue weighted by molar-refractivity contribution is -0.141. The van der Waals surface area contributed by atoms with Crippen molar-refractivity contribution in [3.8, 4) is 0 Å². The molecule has 0 saturated carbocycles. The lowest BCUT2D eigenvalue weighted by Gasteiger charge is -2.25. The number of rotatable bonds is 17. The van der Waals surface area contributed by atoms with E-state index in [4.69, 9.17) is 17.2 Å². The molecule has 14 heteroatoms. The number of thioether (sulfide) groups is 1. The Balaban J connectivity index is 3.08. The van der Waals surface area contributed by atoms with Crippen molar-refractivity contribution in [3.05, 3.63) is 35.9 Å².